The Morgan fingerprint density at radius 2 is 1.89 bits per heavy atom. The van der Waals surface area contributed by atoms with E-state index in [1.54, 1.807) is 6.92 Å². The maximum Gasteiger partial charge on any atom is 0.416 e. The Bertz CT molecular complexity index is 401. The first-order valence-electron chi connectivity index (χ1n) is 5.31. The zero-order valence-electron chi connectivity index (χ0n) is 9.63. The topological polar surface area (TPSA) is 26.3 Å². The molecular formula is C12H12BrF3O2. The van der Waals surface area contributed by atoms with Crippen molar-refractivity contribution in [2.45, 2.75) is 24.3 Å². The van der Waals surface area contributed by atoms with Gasteiger partial charge in [0.1, 0.15) is 4.83 Å². The molecule has 2 nitrogen and oxygen atoms in total. The van der Waals surface area contributed by atoms with Crippen molar-refractivity contribution in [1.29, 1.82) is 0 Å². The second-order valence-corrected chi connectivity index (χ2v) is 4.72. The molecule has 18 heavy (non-hydrogen) atoms. The summed E-state index contributed by atoms with van der Waals surface area (Å²) in [7, 11) is 0. The average molecular weight is 325 g/mol. The number of benzene rings is 1. The summed E-state index contributed by atoms with van der Waals surface area (Å²) in [5, 5.41) is 0. The number of esters is 1. The molecule has 0 heterocycles. The molecule has 1 aromatic rings. The summed E-state index contributed by atoms with van der Waals surface area (Å²) in [5.41, 5.74) is -0.0635. The van der Waals surface area contributed by atoms with Crippen LogP contribution in [-0.4, -0.2) is 17.4 Å². The number of carbonyl (C=O) groups excluding carboxylic acids is 1. The molecule has 1 atom stereocenters. The van der Waals surface area contributed by atoms with Crippen molar-refractivity contribution in [3.8, 4) is 0 Å². The van der Waals surface area contributed by atoms with Gasteiger partial charge in [-0.25, -0.2) is 0 Å². The van der Waals surface area contributed by atoms with Gasteiger partial charge in [0.25, 0.3) is 0 Å². The lowest BCUT2D eigenvalue weighted by Gasteiger charge is -2.10. The van der Waals surface area contributed by atoms with Gasteiger partial charge in [0.2, 0.25) is 0 Å². The Morgan fingerprint density at radius 1 is 1.33 bits per heavy atom. The molecule has 0 saturated carbocycles. The third-order valence-corrected chi connectivity index (χ3v) is 2.94. The van der Waals surface area contributed by atoms with Crippen molar-refractivity contribution in [2.75, 3.05) is 6.61 Å². The van der Waals surface area contributed by atoms with Crippen molar-refractivity contribution in [3.05, 3.63) is 35.4 Å². The first-order chi connectivity index (χ1) is 8.34. The van der Waals surface area contributed by atoms with Gasteiger partial charge < -0.3 is 4.74 Å². The Balaban J connectivity index is 2.67. The molecule has 0 aliphatic rings. The normalized spacial score (nSPS) is 13.2. The van der Waals surface area contributed by atoms with Gasteiger partial charge in [-0.2, -0.15) is 13.2 Å². The van der Waals surface area contributed by atoms with E-state index in [1.165, 1.54) is 12.1 Å². The molecule has 0 saturated heterocycles. The summed E-state index contributed by atoms with van der Waals surface area (Å²) in [4.78, 5) is 10.8. The molecule has 0 N–H and O–H groups in total. The lowest BCUT2D eigenvalue weighted by molar-refractivity contribution is -0.142. The Labute approximate surface area is 111 Å². The van der Waals surface area contributed by atoms with E-state index in [1.807, 2.05) is 0 Å². The summed E-state index contributed by atoms with van der Waals surface area (Å²) in [5.74, 6) is -0.419. The number of alkyl halides is 4. The van der Waals surface area contributed by atoms with Gasteiger partial charge in [-0.3, -0.25) is 4.79 Å². The molecule has 6 heteroatoms. The standard InChI is InChI=1S/C12H12BrF3O2/c1-2-18-11(17)10(13)7-8-3-5-9(6-4-8)12(14,15)16/h3-6,10H,2,7H2,1H3. The largest absolute Gasteiger partial charge is 0.465 e. The molecule has 0 amide bonds. The van der Waals surface area contributed by atoms with E-state index in [2.05, 4.69) is 15.9 Å². The van der Waals surface area contributed by atoms with E-state index in [0.29, 0.717) is 5.56 Å². The molecule has 0 radical (unpaired) electrons. The maximum absolute atomic E-state index is 12.3. The van der Waals surface area contributed by atoms with Crippen LogP contribution >= 0.6 is 15.9 Å². The predicted octanol–water partition coefficient (Wildman–Crippen LogP) is 3.57. The first-order valence-corrected chi connectivity index (χ1v) is 6.23. The molecule has 0 fully saturated rings. The average Bonchev–Trinajstić information content (AvgIpc) is 2.28. The quantitative estimate of drug-likeness (QED) is 0.625. The number of ether oxygens (including phenoxy) is 1. The zero-order valence-corrected chi connectivity index (χ0v) is 11.2. The van der Waals surface area contributed by atoms with Gasteiger partial charge in [0.05, 0.1) is 12.2 Å². The predicted molar refractivity (Wildman–Crippen MR) is 64.5 cm³/mol. The van der Waals surface area contributed by atoms with Crippen molar-refractivity contribution >= 4 is 21.9 Å². The van der Waals surface area contributed by atoms with E-state index < -0.39 is 22.5 Å². The van der Waals surface area contributed by atoms with Crippen LogP contribution in [0.5, 0.6) is 0 Å². The minimum atomic E-state index is -4.34. The van der Waals surface area contributed by atoms with Crippen molar-refractivity contribution in [2.24, 2.45) is 0 Å². The fourth-order valence-corrected chi connectivity index (χ4v) is 1.86. The van der Waals surface area contributed by atoms with Crippen LogP contribution in [0.2, 0.25) is 0 Å². The molecule has 0 spiro atoms. The molecule has 0 aliphatic heterocycles. The molecule has 1 aromatic carbocycles. The highest BCUT2D eigenvalue weighted by Gasteiger charge is 2.30. The minimum Gasteiger partial charge on any atom is -0.465 e. The second kappa shape index (κ2) is 6.22. The van der Waals surface area contributed by atoms with E-state index >= 15 is 0 Å². The highest BCUT2D eigenvalue weighted by atomic mass is 79.9. The van der Waals surface area contributed by atoms with Crippen molar-refractivity contribution in [1.82, 2.24) is 0 Å². The summed E-state index contributed by atoms with van der Waals surface area (Å²) in [6.07, 6.45) is -4.05. The molecule has 0 bridgehead atoms. The van der Waals surface area contributed by atoms with Gasteiger partial charge >= 0.3 is 12.1 Å². The van der Waals surface area contributed by atoms with Crippen LogP contribution in [-0.2, 0) is 22.1 Å². The summed E-state index contributed by atoms with van der Waals surface area (Å²) in [6, 6.07) is 4.72. The van der Waals surface area contributed by atoms with E-state index in [0.717, 1.165) is 12.1 Å². The Kier molecular flexibility index (Phi) is 5.19. The number of halogens is 4. The third kappa shape index (κ3) is 4.33. The van der Waals surface area contributed by atoms with Crippen molar-refractivity contribution < 1.29 is 22.7 Å². The number of hydrogen-bond acceptors (Lipinski definition) is 2. The van der Waals surface area contributed by atoms with Gasteiger partial charge in [0.15, 0.2) is 0 Å². The van der Waals surface area contributed by atoms with Crippen molar-refractivity contribution in [3.63, 3.8) is 0 Å². The summed E-state index contributed by atoms with van der Waals surface area (Å²) in [6.45, 7) is 1.96. The van der Waals surface area contributed by atoms with Gasteiger partial charge in [-0.05, 0) is 31.0 Å². The maximum atomic E-state index is 12.3. The van der Waals surface area contributed by atoms with Gasteiger partial charge in [0, 0.05) is 0 Å². The fourth-order valence-electron chi connectivity index (χ4n) is 1.35. The van der Waals surface area contributed by atoms with Crippen LogP contribution < -0.4 is 0 Å². The van der Waals surface area contributed by atoms with Gasteiger partial charge in [-0.15, -0.1) is 0 Å². The zero-order chi connectivity index (χ0) is 13.8. The molecule has 0 aromatic heterocycles. The van der Waals surface area contributed by atoms with Crippen LogP contribution in [0, 0.1) is 0 Å². The first kappa shape index (κ1) is 15.0. The lowest BCUT2D eigenvalue weighted by atomic mass is 10.1. The monoisotopic (exact) mass is 324 g/mol. The molecule has 0 aliphatic carbocycles. The van der Waals surface area contributed by atoms with E-state index in [9.17, 15) is 18.0 Å². The van der Waals surface area contributed by atoms with Crippen LogP contribution in [0.15, 0.2) is 24.3 Å². The molecule has 1 unspecified atom stereocenters. The number of hydrogen-bond donors (Lipinski definition) is 0. The lowest BCUT2D eigenvalue weighted by Crippen LogP contribution is -2.19. The Hall–Kier alpha value is -1.04. The second-order valence-electron chi connectivity index (χ2n) is 3.62. The highest BCUT2D eigenvalue weighted by molar-refractivity contribution is 9.10. The van der Waals surface area contributed by atoms with Crippen LogP contribution in [0.4, 0.5) is 13.2 Å². The van der Waals surface area contributed by atoms with Crippen LogP contribution in [0.1, 0.15) is 18.1 Å². The van der Waals surface area contributed by atoms with Crippen LogP contribution in [0.25, 0.3) is 0 Å². The van der Waals surface area contributed by atoms with E-state index in [4.69, 9.17) is 4.74 Å². The Morgan fingerprint density at radius 3 is 2.33 bits per heavy atom. The third-order valence-electron chi connectivity index (χ3n) is 2.24. The SMILES string of the molecule is CCOC(=O)C(Br)Cc1ccc(C(F)(F)F)cc1. The minimum absolute atomic E-state index is 0.272. The molecular weight excluding hydrogens is 313 g/mol. The molecule has 100 valence electrons. The van der Waals surface area contributed by atoms with Gasteiger partial charge in [-0.1, -0.05) is 28.1 Å². The smallest absolute Gasteiger partial charge is 0.416 e. The fraction of sp³-hybridized carbons (Fsp3) is 0.417. The molecule has 1 rings (SSSR count). The summed E-state index contributed by atoms with van der Waals surface area (Å²) >= 11 is 3.14. The van der Waals surface area contributed by atoms with E-state index in [-0.39, 0.29) is 13.0 Å². The van der Waals surface area contributed by atoms with Crippen LogP contribution in [0.3, 0.4) is 0 Å². The number of carbonyl (C=O) groups is 1. The highest BCUT2D eigenvalue weighted by Crippen LogP contribution is 2.29. The summed E-state index contributed by atoms with van der Waals surface area (Å²) < 4.78 is 41.8. The number of rotatable bonds is 4.